The van der Waals surface area contributed by atoms with Crippen molar-refractivity contribution in [3.8, 4) is 0 Å². The highest BCUT2D eigenvalue weighted by atomic mass is 32.3. The van der Waals surface area contributed by atoms with Gasteiger partial charge in [-0.1, -0.05) is 3.89 Å². The smallest absolute Gasteiger partial charge is 0.188 e. The molecule has 0 aliphatic rings. The summed E-state index contributed by atoms with van der Waals surface area (Å²) in [4.78, 5) is 0. The molecule has 0 N–H and O–H groups in total. The largest absolute Gasteiger partial charge is 0.472 e. The van der Waals surface area contributed by atoms with Crippen molar-refractivity contribution in [3.63, 3.8) is 0 Å². The minimum absolute atomic E-state index is 6.32. The summed E-state index contributed by atoms with van der Waals surface area (Å²) >= 11 is 0. The van der Waals surface area contributed by atoms with Crippen LogP contribution in [0.2, 0.25) is 0 Å². The van der Waals surface area contributed by atoms with Gasteiger partial charge in [-0.15, -0.1) is 0 Å². The van der Waals surface area contributed by atoms with Gasteiger partial charge in [-0.05, 0) is 0 Å². The van der Waals surface area contributed by atoms with Gasteiger partial charge in [0.25, 0.3) is 0 Å². The van der Waals surface area contributed by atoms with Gasteiger partial charge in [0.15, 0.2) is 0 Å². The minimum Gasteiger partial charge on any atom is -0.188 e. The molecule has 2 nitrogen and oxygen atoms in total. The monoisotopic (exact) mass is 202 g/mol. The SMILES string of the molecule is O=S(=O)(F)C(F)(F)C(F)(F)F. The third kappa shape index (κ3) is 1.76. The molecule has 0 heterocycles. The lowest BCUT2D eigenvalue weighted by molar-refractivity contribution is -0.242. The Morgan fingerprint density at radius 3 is 1.18 bits per heavy atom. The summed E-state index contributed by atoms with van der Waals surface area (Å²) in [6, 6.07) is 0. The Labute approximate surface area is 57.0 Å². The van der Waals surface area contributed by atoms with E-state index in [2.05, 4.69) is 0 Å². The molecule has 0 atom stereocenters. The molecule has 0 spiro atoms. The second kappa shape index (κ2) is 2.26. The lowest BCUT2D eigenvalue weighted by Gasteiger charge is -2.13. The van der Waals surface area contributed by atoms with E-state index in [0.717, 1.165) is 0 Å². The van der Waals surface area contributed by atoms with Crippen molar-refractivity contribution in [2.24, 2.45) is 0 Å². The van der Waals surface area contributed by atoms with Crippen molar-refractivity contribution in [2.75, 3.05) is 0 Å². The van der Waals surface area contributed by atoms with E-state index < -0.39 is 21.7 Å². The van der Waals surface area contributed by atoms with Gasteiger partial charge in [-0.25, -0.2) is 0 Å². The van der Waals surface area contributed by atoms with Crippen LogP contribution in [0.25, 0.3) is 0 Å². The van der Waals surface area contributed by atoms with Gasteiger partial charge in [-0.3, -0.25) is 0 Å². The van der Waals surface area contributed by atoms with Crippen LogP contribution >= 0.6 is 0 Å². The summed E-state index contributed by atoms with van der Waals surface area (Å²) in [6.07, 6.45) is -6.42. The highest BCUT2D eigenvalue weighted by molar-refractivity contribution is 7.87. The summed E-state index contributed by atoms with van der Waals surface area (Å²) in [6.45, 7) is 0. The number of hydrogen-bond acceptors (Lipinski definition) is 2. The summed E-state index contributed by atoms with van der Waals surface area (Å²) < 4.78 is 85.1. The van der Waals surface area contributed by atoms with Crippen molar-refractivity contribution < 1.29 is 34.3 Å². The molecule has 0 aromatic carbocycles. The molecule has 0 saturated heterocycles. The van der Waals surface area contributed by atoms with E-state index in [-0.39, 0.29) is 0 Å². The molecule has 0 fully saturated rings. The van der Waals surface area contributed by atoms with Crippen LogP contribution in [-0.4, -0.2) is 19.8 Å². The van der Waals surface area contributed by atoms with E-state index in [1.165, 1.54) is 0 Å². The molecular formula is C2F6O2S. The highest BCUT2D eigenvalue weighted by Gasteiger charge is 2.68. The quantitative estimate of drug-likeness (QED) is 0.476. The lowest BCUT2D eigenvalue weighted by atomic mass is 10.7. The van der Waals surface area contributed by atoms with E-state index in [9.17, 15) is 25.8 Å². The van der Waals surface area contributed by atoms with Crippen LogP contribution in [-0.2, 0) is 10.2 Å². The van der Waals surface area contributed by atoms with E-state index in [4.69, 9.17) is 8.42 Å². The standard InChI is InChI=1S/C2F6O2S/c3-1(4,5)2(6,7)11(8,9)10. The van der Waals surface area contributed by atoms with Crippen LogP contribution in [0.1, 0.15) is 0 Å². The predicted molar refractivity (Wildman–Crippen MR) is 21.0 cm³/mol. The first-order chi connectivity index (χ1) is 4.50. The van der Waals surface area contributed by atoms with Gasteiger partial charge in [0.05, 0.1) is 0 Å². The molecule has 0 radical (unpaired) electrons. The van der Waals surface area contributed by atoms with Crippen LogP contribution in [0, 0.1) is 0 Å². The molecule has 0 aliphatic heterocycles. The molecule has 0 bridgehead atoms. The average Bonchev–Trinajstić information content (AvgIpc) is 1.58. The van der Waals surface area contributed by atoms with Gasteiger partial charge in [0, 0.05) is 0 Å². The molecule has 0 rings (SSSR count). The first-order valence-corrected chi connectivity index (χ1v) is 3.27. The summed E-state index contributed by atoms with van der Waals surface area (Å²) in [7, 11) is -6.92. The predicted octanol–water partition coefficient (Wildman–Crippen LogP) is 1.44. The Hall–Kier alpha value is -0.470. The summed E-state index contributed by atoms with van der Waals surface area (Å²) in [5, 5.41) is -6.32. The Balaban J connectivity index is 5.08. The Morgan fingerprint density at radius 1 is 0.909 bits per heavy atom. The van der Waals surface area contributed by atoms with Crippen LogP contribution in [0.3, 0.4) is 0 Å². The van der Waals surface area contributed by atoms with Crippen molar-refractivity contribution in [1.82, 2.24) is 0 Å². The zero-order chi connectivity index (χ0) is 9.50. The second-order valence-corrected chi connectivity index (χ2v) is 2.84. The third-order valence-electron chi connectivity index (χ3n) is 0.636. The number of halogens is 6. The Kier molecular flexibility index (Phi) is 2.16. The summed E-state index contributed by atoms with van der Waals surface area (Å²) in [5.74, 6) is 0. The van der Waals surface area contributed by atoms with Crippen molar-refractivity contribution in [3.05, 3.63) is 0 Å². The second-order valence-electron chi connectivity index (χ2n) is 1.45. The van der Waals surface area contributed by atoms with Gasteiger partial charge >= 0.3 is 21.7 Å². The maximum atomic E-state index is 11.3. The number of rotatable bonds is 1. The Morgan fingerprint density at radius 2 is 1.18 bits per heavy atom. The van der Waals surface area contributed by atoms with E-state index in [1.54, 1.807) is 0 Å². The molecule has 68 valence electrons. The molecule has 0 aliphatic carbocycles. The van der Waals surface area contributed by atoms with E-state index in [0.29, 0.717) is 0 Å². The maximum Gasteiger partial charge on any atom is 0.472 e. The van der Waals surface area contributed by atoms with Gasteiger partial charge < -0.3 is 0 Å². The van der Waals surface area contributed by atoms with Crippen LogP contribution in [0.15, 0.2) is 0 Å². The van der Waals surface area contributed by atoms with Gasteiger partial charge in [-0.2, -0.15) is 30.4 Å². The van der Waals surface area contributed by atoms with Crippen LogP contribution in [0.4, 0.5) is 25.8 Å². The van der Waals surface area contributed by atoms with Crippen molar-refractivity contribution >= 4 is 10.2 Å². The maximum absolute atomic E-state index is 11.3. The molecule has 9 heteroatoms. The lowest BCUT2D eigenvalue weighted by Crippen LogP contribution is -2.41. The minimum atomic E-state index is -6.92. The van der Waals surface area contributed by atoms with E-state index in [1.807, 2.05) is 0 Å². The number of hydrogen-bond donors (Lipinski definition) is 0. The molecule has 0 saturated carbocycles. The topological polar surface area (TPSA) is 34.1 Å². The van der Waals surface area contributed by atoms with E-state index >= 15 is 0 Å². The normalized spacial score (nSPS) is 15.1. The fraction of sp³-hybridized carbons (Fsp3) is 1.00. The first-order valence-electron chi connectivity index (χ1n) is 1.89. The van der Waals surface area contributed by atoms with Crippen LogP contribution < -0.4 is 0 Å². The summed E-state index contributed by atoms with van der Waals surface area (Å²) in [5.41, 5.74) is 0. The molecule has 11 heavy (non-hydrogen) atoms. The third-order valence-corrected chi connectivity index (χ3v) is 1.48. The fourth-order valence-electron chi connectivity index (χ4n) is 0.138. The van der Waals surface area contributed by atoms with Crippen LogP contribution in [0.5, 0.6) is 0 Å². The van der Waals surface area contributed by atoms with Gasteiger partial charge in [0.1, 0.15) is 0 Å². The fourth-order valence-corrected chi connectivity index (χ4v) is 0.415. The average molecular weight is 202 g/mol. The molecule has 0 aromatic rings. The molecular weight excluding hydrogens is 202 g/mol. The molecule has 0 aromatic heterocycles. The highest BCUT2D eigenvalue weighted by Crippen LogP contribution is 2.40. The van der Waals surface area contributed by atoms with Crippen molar-refractivity contribution in [1.29, 1.82) is 0 Å². The van der Waals surface area contributed by atoms with Crippen molar-refractivity contribution in [2.45, 2.75) is 11.4 Å². The zero-order valence-electron chi connectivity index (χ0n) is 4.49. The first kappa shape index (κ1) is 10.5. The molecule has 0 amide bonds. The Bertz CT molecular complexity index is 236. The number of alkyl halides is 5. The molecule has 0 unspecified atom stereocenters. The van der Waals surface area contributed by atoms with Gasteiger partial charge in [0.2, 0.25) is 0 Å². The zero-order valence-corrected chi connectivity index (χ0v) is 5.31.